The second kappa shape index (κ2) is 7.77. The van der Waals surface area contributed by atoms with Crippen molar-refractivity contribution in [2.45, 2.75) is 19.4 Å². The highest BCUT2D eigenvalue weighted by atomic mass is 35.5. The Labute approximate surface area is 135 Å². The van der Waals surface area contributed by atoms with Crippen LogP contribution in [0.2, 0.25) is 0 Å². The van der Waals surface area contributed by atoms with Crippen molar-refractivity contribution in [3.63, 3.8) is 0 Å². The first kappa shape index (κ1) is 17.9. The second-order valence-corrected chi connectivity index (χ2v) is 6.32. The molecule has 2 unspecified atom stereocenters. The lowest BCUT2D eigenvalue weighted by molar-refractivity contribution is -0.132. The van der Waals surface area contributed by atoms with E-state index in [-0.39, 0.29) is 36.8 Å². The zero-order valence-corrected chi connectivity index (χ0v) is 14.0. The highest BCUT2D eigenvalue weighted by molar-refractivity contribution is 7.12. The molecule has 2 amide bonds. The number of carbonyl (C=O) groups is 2. The quantitative estimate of drug-likeness (QED) is 0.907. The molecule has 1 aromatic heterocycles. The first-order chi connectivity index (χ1) is 9.52. The van der Waals surface area contributed by atoms with Gasteiger partial charge in [0.1, 0.15) is 0 Å². The van der Waals surface area contributed by atoms with Gasteiger partial charge in [-0.25, -0.2) is 0 Å². The molecule has 0 saturated carbocycles. The van der Waals surface area contributed by atoms with Crippen LogP contribution in [0.3, 0.4) is 0 Å². The summed E-state index contributed by atoms with van der Waals surface area (Å²) in [7, 11) is 1.67. The molecule has 1 saturated heterocycles. The highest BCUT2D eigenvalue weighted by Crippen LogP contribution is 2.22. The summed E-state index contributed by atoms with van der Waals surface area (Å²) in [6, 6.07) is 3.82. The molecule has 1 aromatic rings. The third kappa shape index (κ3) is 4.18. The van der Waals surface area contributed by atoms with Gasteiger partial charge in [0.15, 0.2) is 0 Å². The Kier molecular flexibility index (Phi) is 6.64. The van der Waals surface area contributed by atoms with Gasteiger partial charge >= 0.3 is 0 Å². The minimum Gasteiger partial charge on any atom is -0.338 e. The van der Waals surface area contributed by atoms with E-state index in [4.69, 9.17) is 5.73 Å². The maximum Gasteiger partial charge on any atom is 0.264 e. The lowest BCUT2D eigenvalue weighted by Crippen LogP contribution is -2.42. The number of carbonyl (C=O) groups excluding carboxylic acids is 2. The monoisotopic (exact) mass is 331 g/mol. The van der Waals surface area contributed by atoms with Gasteiger partial charge in [-0.3, -0.25) is 9.59 Å². The van der Waals surface area contributed by atoms with Crippen LogP contribution in [0.15, 0.2) is 17.5 Å². The summed E-state index contributed by atoms with van der Waals surface area (Å²) in [5.41, 5.74) is 5.67. The molecule has 118 valence electrons. The van der Waals surface area contributed by atoms with Crippen molar-refractivity contribution < 1.29 is 9.59 Å². The smallest absolute Gasteiger partial charge is 0.264 e. The number of halogens is 1. The van der Waals surface area contributed by atoms with Crippen LogP contribution < -0.4 is 5.73 Å². The molecule has 0 spiro atoms. The van der Waals surface area contributed by atoms with E-state index in [1.165, 1.54) is 16.2 Å². The molecule has 2 N–H and O–H groups in total. The number of likely N-dealkylation sites (tertiary alicyclic amines) is 1. The lowest BCUT2D eigenvalue weighted by atomic mass is 10.1. The van der Waals surface area contributed by atoms with Crippen molar-refractivity contribution in [3.8, 4) is 0 Å². The van der Waals surface area contributed by atoms with Gasteiger partial charge in [0, 0.05) is 19.6 Å². The Morgan fingerprint density at radius 2 is 2.24 bits per heavy atom. The molecule has 0 bridgehead atoms. The van der Waals surface area contributed by atoms with Crippen molar-refractivity contribution in [2.75, 3.05) is 26.7 Å². The van der Waals surface area contributed by atoms with Gasteiger partial charge in [0.2, 0.25) is 5.91 Å². The summed E-state index contributed by atoms with van der Waals surface area (Å²) in [5, 5.41) is 1.86. The minimum absolute atomic E-state index is 0. The van der Waals surface area contributed by atoms with E-state index in [2.05, 4.69) is 0 Å². The molecule has 7 heteroatoms. The first-order valence-electron chi connectivity index (χ1n) is 6.81. The summed E-state index contributed by atoms with van der Waals surface area (Å²) in [5.74, 6) is 0.281. The van der Waals surface area contributed by atoms with Gasteiger partial charge in [0.05, 0.1) is 11.4 Å². The maximum atomic E-state index is 12.3. The number of nitrogens with two attached hydrogens (primary N) is 1. The standard InChI is InChI=1S/C14H21N3O2S.ClH/c1-10-6-11(7-15)8-17(10)13(18)9-16(2)14(19)12-4-3-5-20-12;/h3-5,10-11H,6-9,15H2,1-2H3;1H. The van der Waals surface area contributed by atoms with E-state index >= 15 is 0 Å². The first-order valence-corrected chi connectivity index (χ1v) is 7.69. The Bertz CT molecular complexity index is 481. The molecule has 0 aromatic carbocycles. The summed E-state index contributed by atoms with van der Waals surface area (Å²) < 4.78 is 0. The molecule has 2 atom stereocenters. The number of rotatable bonds is 4. The SMILES string of the molecule is CC1CC(CN)CN1C(=O)CN(C)C(=O)c1cccs1.Cl. The molecule has 0 radical (unpaired) electrons. The minimum atomic E-state index is -0.101. The molecule has 0 aliphatic carbocycles. The number of thiophene rings is 1. The molecular formula is C14H22ClN3O2S. The Morgan fingerprint density at radius 3 is 2.76 bits per heavy atom. The van der Waals surface area contributed by atoms with E-state index in [1.54, 1.807) is 13.1 Å². The molecule has 2 heterocycles. The van der Waals surface area contributed by atoms with Crippen LogP contribution in [0.4, 0.5) is 0 Å². The molecule has 1 fully saturated rings. The lowest BCUT2D eigenvalue weighted by Gasteiger charge is -2.24. The molecule has 2 rings (SSSR count). The van der Waals surface area contributed by atoms with Gasteiger partial charge in [0.25, 0.3) is 5.91 Å². The summed E-state index contributed by atoms with van der Waals surface area (Å²) in [4.78, 5) is 28.4. The van der Waals surface area contributed by atoms with E-state index in [0.717, 1.165) is 6.42 Å². The van der Waals surface area contributed by atoms with E-state index in [1.807, 2.05) is 23.3 Å². The van der Waals surface area contributed by atoms with Crippen LogP contribution in [0, 0.1) is 5.92 Å². The number of likely N-dealkylation sites (N-methyl/N-ethyl adjacent to an activating group) is 1. The van der Waals surface area contributed by atoms with Crippen molar-refractivity contribution in [3.05, 3.63) is 22.4 Å². The van der Waals surface area contributed by atoms with Gasteiger partial charge in [-0.1, -0.05) is 6.07 Å². The number of hydrogen-bond donors (Lipinski definition) is 1. The fourth-order valence-electron chi connectivity index (χ4n) is 2.61. The van der Waals surface area contributed by atoms with Crippen LogP contribution in [0.25, 0.3) is 0 Å². The molecule has 21 heavy (non-hydrogen) atoms. The molecule has 5 nitrogen and oxygen atoms in total. The zero-order valence-electron chi connectivity index (χ0n) is 12.3. The van der Waals surface area contributed by atoms with Crippen molar-refractivity contribution >= 4 is 35.6 Å². The van der Waals surface area contributed by atoms with Crippen LogP contribution in [-0.2, 0) is 4.79 Å². The second-order valence-electron chi connectivity index (χ2n) is 5.37. The Morgan fingerprint density at radius 1 is 1.52 bits per heavy atom. The van der Waals surface area contributed by atoms with Gasteiger partial charge in [-0.15, -0.1) is 23.7 Å². The van der Waals surface area contributed by atoms with Gasteiger partial charge < -0.3 is 15.5 Å². The number of nitrogens with zero attached hydrogens (tertiary/aromatic N) is 2. The van der Waals surface area contributed by atoms with Crippen molar-refractivity contribution in [2.24, 2.45) is 11.7 Å². The fourth-order valence-corrected chi connectivity index (χ4v) is 3.33. The summed E-state index contributed by atoms with van der Waals surface area (Å²) in [6.07, 6.45) is 0.949. The van der Waals surface area contributed by atoms with Crippen LogP contribution in [0.5, 0.6) is 0 Å². The topological polar surface area (TPSA) is 66.6 Å². The third-order valence-electron chi connectivity index (χ3n) is 3.77. The average molecular weight is 332 g/mol. The third-order valence-corrected chi connectivity index (χ3v) is 4.62. The molecule has 1 aliphatic heterocycles. The van der Waals surface area contributed by atoms with Crippen molar-refractivity contribution in [1.82, 2.24) is 9.80 Å². The molecule has 1 aliphatic rings. The zero-order chi connectivity index (χ0) is 14.7. The Balaban J connectivity index is 0.00000220. The average Bonchev–Trinajstić information content (AvgIpc) is 3.06. The van der Waals surface area contributed by atoms with E-state index in [0.29, 0.717) is 23.9 Å². The van der Waals surface area contributed by atoms with E-state index in [9.17, 15) is 9.59 Å². The number of amides is 2. The van der Waals surface area contributed by atoms with E-state index < -0.39 is 0 Å². The van der Waals surface area contributed by atoms with Crippen LogP contribution >= 0.6 is 23.7 Å². The van der Waals surface area contributed by atoms with Crippen LogP contribution in [0.1, 0.15) is 23.0 Å². The largest absolute Gasteiger partial charge is 0.338 e. The summed E-state index contributed by atoms with van der Waals surface area (Å²) >= 11 is 1.39. The normalized spacial score (nSPS) is 21.0. The van der Waals surface area contributed by atoms with Crippen molar-refractivity contribution in [1.29, 1.82) is 0 Å². The van der Waals surface area contributed by atoms with Crippen LogP contribution in [-0.4, -0.2) is 54.3 Å². The predicted octanol–water partition coefficient (Wildman–Crippen LogP) is 1.44. The van der Waals surface area contributed by atoms with Gasteiger partial charge in [-0.05, 0) is 37.3 Å². The fraction of sp³-hybridized carbons (Fsp3) is 0.571. The molecular weight excluding hydrogens is 310 g/mol. The summed E-state index contributed by atoms with van der Waals surface area (Å²) in [6.45, 7) is 3.47. The maximum absolute atomic E-state index is 12.3. The predicted molar refractivity (Wildman–Crippen MR) is 86.9 cm³/mol. The highest BCUT2D eigenvalue weighted by Gasteiger charge is 2.32. The van der Waals surface area contributed by atoms with Gasteiger partial charge in [-0.2, -0.15) is 0 Å². The Hall–Kier alpha value is -1.11. The number of hydrogen-bond acceptors (Lipinski definition) is 4.